The second-order valence-corrected chi connectivity index (χ2v) is 6.43. The molecule has 0 N–H and O–H groups in total. The van der Waals surface area contributed by atoms with Crippen LogP contribution in [0.5, 0.6) is 0 Å². The molecule has 2 amide bonds. The lowest BCUT2D eigenvalue weighted by molar-refractivity contribution is 0.0410. The smallest absolute Gasteiger partial charge is 0.320 e. The van der Waals surface area contributed by atoms with Crippen molar-refractivity contribution in [1.29, 1.82) is 0 Å². The van der Waals surface area contributed by atoms with Crippen molar-refractivity contribution in [3.8, 4) is 0 Å². The molecular formula is C16H26N4O2. The first-order chi connectivity index (χ1) is 10.7. The number of ether oxygens (including phenoxy) is 1. The quantitative estimate of drug-likeness (QED) is 0.841. The first-order valence-electron chi connectivity index (χ1n) is 8.31. The predicted molar refractivity (Wildman–Crippen MR) is 83.9 cm³/mol. The lowest BCUT2D eigenvalue weighted by Crippen LogP contribution is -2.50. The van der Waals surface area contributed by atoms with Crippen LogP contribution in [-0.2, 0) is 4.74 Å². The number of nitrogens with zero attached hydrogens (tertiary/aromatic N) is 4. The van der Waals surface area contributed by atoms with E-state index in [2.05, 4.69) is 29.6 Å². The van der Waals surface area contributed by atoms with Crippen molar-refractivity contribution < 1.29 is 9.53 Å². The summed E-state index contributed by atoms with van der Waals surface area (Å²) in [6, 6.07) is 0.611. The van der Waals surface area contributed by atoms with E-state index in [0.717, 1.165) is 39.0 Å². The van der Waals surface area contributed by atoms with Crippen LogP contribution in [-0.4, -0.2) is 64.8 Å². The normalized spacial score (nSPS) is 20.7. The van der Waals surface area contributed by atoms with E-state index in [0.29, 0.717) is 25.2 Å². The summed E-state index contributed by atoms with van der Waals surface area (Å²) in [6.45, 7) is 8.78. The van der Waals surface area contributed by atoms with Crippen LogP contribution in [0.3, 0.4) is 0 Å². The molecule has 22 heavy (non-hydrogen) atoms. The van der Waals surface area contributed by atoms with Gasteiger partial charge in [-0.2, -0.15) is 0 Å². The second kappa shape index (κ2) is 6.69. The molecule has 0 saturated carbocycles. The molecule has 0 atom stereocenters. The highest BCUT2D eigenvalue weighted by Gasteiger charge is 2.29. The number of piperidine rings is 1. The number of imidazole rings is 1. The van der Waals surface area contributed by atoms with E-state index in [1.807, 2.05) is 16.0 Å². The molecule has 0 bridgehead atoms. The Morgan fingerprint density at radius 3 is 2.45 bits per heavy atom. The van der Waals surface area contributed by atoms with Gasteiger partial charge in [-0.3, -0.25) is 0 Å². The Morgan fingerprint density at radius 2 is 1.82 bits per heavy atom. The van der Waals surface area contributed by atoms with Crippen LogP contribution in [0, 0.1) is 0 Å². The van der Waals surface area contributed by atoms with Gasteiger partial charge in [-0.25, -0.2) is 9.78 Å². The molecule has 2 fully saturated rings. The zero-order valence-electron chi connectivity index (χ0n) is 13.6. The fourth-order valence-corrected chi connectivity index (χ4v) is 3.36. The van der Waals surface area contributed by atoms with Crippen LogP contribution >= 0.6 is 0 Å². The van der Waals surface area contributed by atoms with Gasteiger partial charge in [-0.05, 0) is 26.7 Å². The Labute approximate surface area is 132 Å². The molecule has 3 rings (SSSR count). The molecule has 0 unspecified atom stereocenters. The average Bonchev–Trinajstić information content (AvgIpc) is 3.05. The average molecular weight is 306 g/mol. The maximum Gasteiger partial charge on any atom is 0.320 e. The van der Waals surface area contributed by atoms with Crippen molar-refractivity contribution in [1.82, 2.24) is 19.4 Å². The summed E-state index contributed by atoms with van der Waals surface area (Å²) in [7, 11) is 0. The Hall–Kier alpha value is -1.56. The third-order valence-corrected chi connectivity index (χ3v) is 4.67. The number of amides is 2. The SMILES string of the molecule is CC(C)n1ccnc1C1CCN(C(=O)N2CCOCC2)CC1. The van der Waals surface area contributed by atoms with E-state index in [-0.39, 0.29) is 6.03 Å². The summed E-state index contributed by atoms with van der Waals surface area (Å²) >= 11 is 0. The van der Waals surface area contributed by atoms with Crippen molar-refractivity contribution in [2.24, 2.45) is 0 Å². The molecule has 122 valence electrons. The first-order valence-corrected chi connectivity index (χ1v) is 8.31. The topological polar surface area (TPSA) is 50.6 Å². The number of likely N-dealkylation sites (tertiary alicyclic amines) is 1. The Balaban J connectivity index is 1.58. The van der Waals surface area contributed by atoms with E-state index in [9.17, 15) is 4.79 Å². The maximum absolute atomic E-state index is 12.5. The van der Waals surface area contributed by atoms with E-state index >= 15 is 0 Å². The molecule has 1 aromatic rings. The van der Waals surface area contributed by atoms with E-state index in [1.165, 1.54) is 5.82 Å². The van der Waals surface area contributed by atoms with Crippen LogP contribution < -0.4 is 0 Å². The Morgan fingerprint density at radius 1 is 1.18 bits per heavy atom. The Kier molecular flexibility index (Phi) is 4.66. The summed E-state index contributed by atoms with van der Waals surface area (Å²) in [5.41, 5.74) is 0. The zero-order valence-corrected chi connectivity index (χ0v) is 13.6. The van der Waals surface area contributed by atoms with Crippen molar-refractivity contribution in [3.63, 3.8) is 0 Å². The number of urea groups is 1. The molecule has 2 aliphatic heterocycles. The minimum Gasteiger partial charge on any atom is -0.378 e. The third-order valence-electron chi connectivity index (χ3n) is 4.67. The molecule has 3 heterocycles. The van der Waals surface area contributed by atoms with Crippen LogP contribution in [0.2, 0.25) is 0 Å². The monoisotopic (exact) mass is 306 g/mol. The van der Waals surface area contributed by atoms with Crippen LogP contribution in [0.1, 0.15) is 44.5 Å². The van der Waals surface area contributed by atoms with Gasteiger partial charge >= 0.3 is 6.03 Å². The fourth-order valence-electron chi connectivity index (χ4n) is 3.36. The number of morpholine rings is 1. The van der Waals surface area contributed by atoms with Crippen LogP contribution in [0.25, 0.3) is 0 Å². The van der Waals surface area contributed by atoms with Crippen LogP contribution in [0.15, 0.2) is 12.4 Å². The highest BCUT2D eigenvalue weighted by molar-refractivity contribution is 5.74. The van der Waals surface area contributed by atoms with E-state index in [1.54, 1.807) is 0 Å². The molecule has 0 aromatic carbocycles. The van der Waals surface area contributed by atoms with Gasteiger partial charge in [0.1, 0.15) is 5.82 Å². The van der Waals surface area contributed by atoms with Gasteiger partial charge in [0.2, 0.25) is 0 Å². The van der Waals surface area contributed by atoms with Gasteiger partial charge in [0.15, 0.2) is 0 Å². The van der Waals surface area contributed by atoms with Crippen molar-refractivity contribution in [3.05, 3.63) is 18.2 Å². The minimum absolute atomic E-state index is 0.175. The maximum atomic E-state index is 12.5. The van der Waals surface area contributed by atoms with Crippen molar-refractivity contribution >= 4 is 6.03 Å². The number of carbonyl (C=O) groups excluding carboxylic acids is 1. The van der Waals surface area contributed by atoms with Gasteiger partial charge < -0.3 is 19.1 Å². The van der Waals surface area contributed by atoms with E-state index < -0.39 is 0 Å². The summed E-state index contributed by atoms with van der Waals surface area (Å²) < 4.78 is 7.57. The molecule has 1 aromatic heterocycles. The first kappa shape index (κ1) is 15.3. The van der Waals surface area contributed by atoms with Gasteiger partial charge in [0.05, 0.1) is 13.2 Å². The van der Waals surface area contributed by atoms with Crippen molar-refractivity contribution in [2.45, 2.75) is 38.6 Å². The molecule has 6 nitrogen and oxygen atoms in total. The molecule has 2 aliphatic rings. The highest BCUT2D eigenvalue weighted by atomic mass is 16.5. The summed E-state index contributed by atoms with van der Waals surface area (Å²) in [5.74, 6) is 1.64. The van der Waals surface area contributed by atoms with Gasteiger partial charge in [0, 0.05) is 50.5 Å². The second-order valence-electron chi connectivity index (χ2n) is 6.43. The summed E-state index contributed by atoms with van der Waals surface area (Å²) in [4.78, 5) is 21.0. The molecular weight excluding hydrogens is 280 g/mol. The lowest BCUT2D eigenvalue weighted by Gasteiger charge is -2.37. The number of hydrogen-bond acceptors (Lipinski definition) is 3. The largest absolute Gasteiger partial charge is 0.378 e. The molecule has 0 radical (unpaired) electrons. The number of rotatable bonds is 2. The Bertz CT molecular complexity index is 500. The fraction of sp³-hybridized carbons (Fsp3) is 0.750. The lowest BCUT2D eigenvalue weighted by atomic mass is 9.96. The minimum atomic E-state index is 0.175. The number of hydrogen-bond donors (Lipinski definition) is 0. The van der Waals surface area contributed by atoms with Crippen LogP contribution in [0.4, 0.5) is 4.79 Å². The number of carbonyl (C=O) groups is 1. The number of aromatic nitrogens is 2. The molecule has 0 spiro atoms. The summed E-state index contributed by atoms with van der Waals surface area (Å²) in [5, 5.41) is 0. The highest BCUT2D eigenvalue weighted by Crippen LogP contribution is 2.28. The molecule has 2 saturated heterocycles. The van der Waals surface area contributed by atoms with Gasteiger partial charge in [-0.1, -0.05) is 0 Å². The van der Waals surface area contributed by atoms with Gasteiger partial charge in [-0.15, -0.1) is 0 Å². The molecule has 0 aliphatic carbocycles. The third kappa shape index (κ3) is 3.11. The van der Waals surface area contributed by atoms with Gasteiger partial charge in [0.25, 0.3) is 0 Å². The summed E-state index contributed by atoms with van der Waals surface area (Å²) in [6.07, 6.45) is 5.95. The zero-order chi connectivity index (χ0) is 15.5. The molecule has 6 heteroatoms. The van der Waals surface area contributed by atoms with Crippen molar-refractivity contribution in [2.75, 3.05) is 39.4 Å². The standard InChI is InChI=1S/C16H26N4O2/c1-13(2)20-8-5-17-15(20)14-3-6-18(7-4-14)16(21)19-9-11-22-12-10-19/h5,8,13-14H,3-4,6-7,9-12H2,1-2H3. The van der Waals surface area contributed by atoms with E-state index in [4.69, 9.17) is 4.74 Å². The predicted octanol–water partition coefficient (Wildman–Crippen LogP) is 2.10.